The number of amidine groups is 1. The Morgan fingerprint density at radius 1 is 1.12 bits per heavy atom. The average Bonchev–Trinajstić information content (AvgIpc) is 2.97. The number of rotatable bonds is 11. The van der Waals surface area contributed by atoms with Crippen LogP contribution in [0.4, 0.5) is 11.4 Å². The minimum absolute atomic E-state index is 0.0760. The van der Waals surface area contributed by atoms with Crippen LogP contribution in [0, 0.1) is 5.41 Å². The van der Waals surface area contributed by atoms with Gasteiger partial charge in [-0.25, -0.2) is 4.79 Å². The first kappa shape index (κ1) is 29.1. The minimum Gasteiger partial charge on any atom is -0.482 e. The summed E-state index contributed by atoms with van der Waals surface area (Å²) in [5, 5.41) is 23.4. The number of anilines is 2. The number of nitrogens with one attached hydrogen (secondary N) is 2. The smallest absolute Gasteiger partial charge is 0.341 e. The van der Waals surface area contributed by atoms with Gasteiger partial charge in [-0.3, -0.25) is 10.2 Å². The first-order valence-corrected chi connectivity index (χ1v) is 13.5. The van der Waals surface area contributed by atoms with Crippen LogP contribution < -0.4 is 20.8 Å². The Morgan fingerprint density at radius 3 is 2.54 bits per heavy atom. The molecule has 10 heteroatoms. The van der Waals surface area contributed by atoms with Gasteiger partial charge in [-0.2, -0.15) is 5.10 Å². The summed E-state index contributed by atoms with van der Waals surface area (Å²) in [6, 6.07) is 22.7. The second kappa shape index (κ2) is 14.0. The van der Waals surface area contributed by atoms with Gasteiger partial charge < -0.3 is 30.8 Å². The summed E-state index contributed by atoms with van der Waals surface area (Å²) in [6.45, 7) is 3.64. The molecule has 1 amide bonds. The minimum atomic E-state index is -1.05. The van der Waals surface area contributed by atoms with Gasteiger partial charge in [-0.1, -0.05) is 36.4 Å². The molecule has 5 N–H and O–H groups in total. The van der Waals surface area contributed by atoms with Crippen molar-refractivity contribution in [2.24, 2.45) is 10.9 Å². The number of carbonyl (C=O) groups excluding carboxylic acids is 1. The Balaban J connectivity index is 1.45. The van der Waals surface area contributed by atoms with Crippen molar-refractivity contribution in [3.8, 4) is 5.75 Å². The van der Waals surface area contributed by atoms with E-state index < -0.39 is 12.6 Å². The lowest BCUT2D eigenvalue weighted by atomic mass is 9.89. The van der Waals surface area contributed by atoms with Gasteiger partial charge in [-0.15, -0.1) is 0 Å². The number of ether oxygens (including phenoxy) is 1. The van der Waals surface area contributed by atoms with Gasteiger partial charge in [0.2, 0.25) is 5.91 Å². The molecular weight excluding hydrogens is 520 g/mol. The number of hydrazone groups is 1. The van der Waals surface area contributed by atoms with Crippen molar-refractivity contribution in [2.45, 2.75) is 32.2 Å². The molecule has 0 atom stereocenters. The van der Waals surface area contributed by atoms with E-state index in [4.69, 9.17) is 21.1 Å². The Bertz CT molecular complexity index is 1380. The number of aliphatic carboxylic acids is 1. The second-order valence-corrected chi connectivity index (χ2v) is 10.1. The Labute approximate surface area is 239 Å². The van der Waals surface area contributed by atoms with E-state index >= 15 is 0 Å². The SMILES string of the molecule is CC(=N)N1CCC(c2ccc(NC(=O)CN(Cc3cccc(OCC(=O)O)c3)c3cccc(C=NN)c3)cc2)CC1. The van der Waals surface area contributed by atoms with Crippen molar-refractivity contribution in [2.75, 3.05) is 36.5 Å². The lowest BCUT2D eigenvalue weighted by Crippen LogP contribution is -2.36. The topological polar surface area (TPSA) is 144 Å². The monoisotopic (exact) mass is 556 g/mol. The fourth-order valence-corrected chi connectivity index (χ4v) is 4.99. The van der Waals surface area contributed by atoms with Crippen LogP contribution in [0.15, 0.2) is 77.9 Å². The normalized spacial score (nSPS) is 13.6. The van der Waals surface area contributed by atoms with Gasteiger partial charge >= 0.3 is 5.97 Å². The van der Waals surface area contributed by atoms with Crippen LogP contribution in [-0.4, -0.2) is 60.2 Å². The van der Waals surface area contributed by atoms with Crippen LogP contribution in [0.2, 0.25) is 0 Å². The molecule has 1 saturated heterocycles. The number of amides is 1. The van der Waals surface area contributed by atoms with Gasteiger partial charge in [0.05, 0.1) is 18.6 Å². The summed E-state index contributed by atoms with van der Waals surface area (Å²) in [7, 11) is 0. The van der Waals surface area contributed by atoms with Crippen molar-refractivity contribution in [1.29, 1.82) is 5.41 Å². The highest BCUT2D eigenvalue weighted by molar-refractivity contribution is 5.94. The number of carboxylic acids is 1. The van der Waals surface area contributed by atoms with Crippen molar-refractivity contribution in [3.63, 3.8) is 0 Å². The van der Waals surface area contributed by atoms with Crippen LogP contribution in [0.5, 0.6) is 5.75 Å². The number of hydrogen-bond donors (Lipinski definition) is 4. The number of nitrogens with two attached hydrogens (primary N) is 1. The van der Waals surface area contributed by atoms with E-state index in [1.165, 1.54) is 5.56 Å². The molecule has 3 aromatic rings. The van der Waals surface area contributed by atoms with Crippen molar-refractivity contribution in [3.05, 3.63) is 89.5 Å². The van der Waals surface area contributed by atoms with Gasteiger partial charge in [0.1, 0.15) is 5.75 Å². The zero-order chi connectivity index (χ0) is 29.2. The van der Waals surface area contributed by atoms with Gasteiger partial charge in [-0.05, 0) is 78.8 Å². The number of benzene rings is 3. The number of piperidine rings is 1. The molecule has 41 heavy (non-hydrogen) atoms. The van der Waals surface area contributed by atoms with E-state index in [9.17, 15) is 9.59 Å². The third-order valence-electron chi connectivity index (χ3n) is 7.06. The Hall–Kier alpha value is -4.86. The van der Waals surface area contributed by atoms with Gasteiger partial charge in [0.25, 0.3) is 0 Å². The molecule has 0 bridgehead atoms. The van der Waals surface area contributed by atoms with Gasteiger partial charge in [0, 0.05) is 31.0 Å². The number of nitrogens with zero attached hydrogens (tertiary/aromatic N) is 3. The number of carbonyl (C=O) groups is 2. The summed E-state index contributed by atoms with van der Waals surface area (Å²) < 4.78 is 5.34. The molecule has 214 valence electrons. The molecule has 0 aromatic heterocycles. The lowest BCUT2D eigenvalue weighted by Gasteiger charge is -2.33. The number of hydrogen-bond acceptors (Lipinski definition) is 7. The summed E-state index contributed by atoms with van der Waals surface area (Å²) >= 11 is 0. The summed E-state index contributed by atoms with van der Waals surface area (Å²) in [6.07, 6.45) is 3.56. The third-order valence-corrected chi connectivity index (χ3v) is 7.06. The number of likely N-dealkylation sites (tertiary alicyclic amines) is 1. The standard InChI is InChI=1S/C31H36N6O4/c1-22(32)36-14-12-26(13-15-36)25-8-10-27(11-9-25)35-30(38)20-37(28-6-2-4-23(16-28)18-34-33)19-24-5-3-7-29(17-24)41-21-31(39)40/h2-11,16-18,26,32H,12-15,19-21,33H2,1H3,(H,35,38)(H,39,40). The van der Waals surface area contributed by atoms with E-state index in [-0.39, 0.29) is 12.5 Å². The van der Waals surface area contributed by atoms with Crippen molar-refractivity contribution < 1.29 is 19.4 Å². The molecule has 0 unspecified atom stereocenters. The van der Waals surface area contributed by atoms with Crippen LogP contribution in [0.25, 0.3) is 0 Å². The fourth-order valence-electron chi connectivity index (χ4n) is 4.99. The zero-order valence-electron chi connectivity index (χ0n) is 23.1. The molecule has 1 heterocycles. The maximum Gasteiger partial charge on any atom is 0.341 e. The molecule has 0 saturated carbocycles. The zero-order valence-corrected chi connectivity index (χ0v) is 23.1. The van der Waals surface area contributed by atoms with Gasteiger partial charge in [0.15, 0.2) is 6.61 Å². The Kier molecular flexibility index (Phi) is 9.93. The molecular formula is C31H36N6O4. The maximum atomic E-state index is 13.2. The molecule has 1 fully saturated rings. The van der Waals surface area contributed by atoms with Crippen LogP contribution in [0.1, 0.15) is 42.4 Å². The summed E-state index contributed by atoms with van der Waals surface area (Å²) in [4.78, 5) is 28.1. The highest BCUT2D eigenvalue weighted by Crippen LogP contribution is 2.29. The highest BCUT2D eigenvalue weighted by atomic mass is 16.5. The van der Waals surface area contributed by atoms with E-state index in [1.54, 1.807) is 24.4 Å². The lowest BCUT2D eigenvalue weighted by molar-refractivity contribution is -0.139. The highest BCUT2D eigenvalue weighted by Gasteiger charge is 2.21. The van der Waals surface area contributed by atoms with E-state index in [0.29, 0.717) is 24.0 Å². The molecule has 0 spiro atoms. The van der Waals surface area contributed by atoms with Crippen LogP contribution in [0.3, 0.4) is 0 Å². The second-order valence-electron chi connectivity index (χ2n) is 10.1. The maximum absolute atomic E-state index is 13.2. The van der Waals surface area contributed by atoms with E-state index in [1.807, 2.05) is 54.3 Å². The quantitative estimate of drug-likeness (QED) is 0.120. The first-order valence-electron chi connectivity index (χ1n) is 13.5. The fraction of sp³-hybridized carbons (Fsp3) is 0.290. The predicted octanol–water partition coefficient (Wildman–Crippen LogP) is 4.26. The molecule has 4 rings (SSSR count). The molecule has 3 aromatic carbocycles. The van der Waals surface area contributed by atoms with E-state index in [2.05, 4.69) is 27.5 Å². The molecule has 0 radical (unpaired) electrons. The van der Waals surface area contributed by atoms with Crippen LogP contribution in [-0.2, 0) is 16.1 Å². The Morgan fingerprint density at radius 2 is 1.85 bits per heavy atom. The first-order chi connectivity index (χ1) is 19.8. The summed E-state index contributed by atoms with van der Waals surface area (Å²) in [5.41, 5.74) is 4.42. The predicted molar refractivity (Wildman–Crippen MR) is 161 cm³/mol. The number of carboxylic acid groups (broad SMARTS) is 1. The largest absolute Gasteiger partial charge is 0.482 e. The summed E-state index contributed by atoms with van der Waals surface area (Å²) in [5.74, 6) is 5.63. The van der Waals surface area contributed by atoms with Crippen molar-refractivity contribution >= 4 is 35.3 Å². The third kappa shape index (κ3) is 8.56. The molecule has 1 aliphatic heterocycles. The molecule has 0 aliphatic carbocycles. The van der Waals surface area contributed by atoms with E-state index in [0.717, 1.165) is 48.4 Å². The van der Waals surface area contributed by atoms with Crippen molar-refractivity contribution in [1.82, 2.24) is 4.90 Å². The van der Waals surface area contributed by atoms with Crippen LogP contribution >= 0.6 is 0 Å². The average molecular weight is 557 g/mol. The molecule has 10 nitrogen and oxygen atoms in total. The molecule has 1 aliphatic rings.